The van der Waals surface area contributed by atoms with Crippen molar-refractivity contribution < 1.29 is 24.2 Å². The van der Waals surface area contributed by atoms with Gasteiger partial charge in [0.15, 0.2) is 0 Å². The van der Waals surface area contributed by atoms with Crippen LogP contribution in [0.4, 0.5) is 4.79 Å². The average molecular weight is 542 g/mol. The smallest absolute Gasteiger partial charge is 0.407 e. The van der Waals surface area contributed by atoms with E-state index in [2.05, 4.69) is 34.9 Å². The van der Waals surface area contributed by atoms with Gasteiger partial charge in [-0.05, 0) is 53.6 Å². The van der Waals surface area contributed by atoms with Gasteiger partial charge in [-0.15, -0.1) is 0 Å². The van der Waals surface area contributed by atoms with Crippen LogP contribution in [0.15, 0.2) is 78.9 Å². The summed E-state index contributed by atoms with van der Waals surface area (Å²) >= 11 is 0. The molecule has 0 saturated heterocycles. The number of fused-ring (bicyclic) bond motifs is 3. The van der Waals surface area contributed by atoms with Crippen LogP contribution >= 0.6 is 0 Å². The van der Waals surface area contributed by atoms with Gasteiger partial charge in [0.1, 0.15) is 12.6 Å². The molecule has 0 aliphatic heterocycles. The first-order valence-corrected chi connectivity index (χ1v) is 13.7. The number of carboxylic acid groups (broad SMARTS) is 1. The molecule has 1 atom stereocenters. The van der Waals surface area contributed by atoms with Crippen molar-refractivity contribution in [1.29, 1.82) is 0 Å². The molecule has 5 rings (SSSR count). The summed E-state index contributed by atoms with van der Waals surface area (Å²) in [6.07, 6.45) is 0.700. The van der Waals surface area contributed by atoms with Crippen LogP contribution in [0.25, 0.3) is 11.1 Å². The first-order chi connectivity index (χ1) is 19.4. The number of carbonyl (C=O) groups excluding carboxylic acids is 2. The van der Waals surface area contributed by atoms with Crippen LogP contribution in [-0.2, 0) is 20.9 Å². The zero-order valence-corrected chi connectivity index (χ0v) is 22.6. The van der Waals surface area contributed by atoms with Gasteiger partial charge >= 0.3 is 12.1 Å². The number of alkyl carbamates (subject to hydrolysis) is 1. The number of amides is 2. The van der Waals surface area contributed by atoms with E-state index in [-0.39, 0.29) is 43.4 Å². The lowest BCUT2D eigenvalue weighted by molar-refractivity contribution is -0.139. The van der Waals surface area contributed by atoms with E-state index in [0.717, 1.165) is 27.8 Å². The number of ether oxygens (including phenoxy) is 1. The number of nitrogens with one attached hydrogen (secondary N) is 2. The summed E-state index contributed by atoms with van der Waals surface area (Å²) in [5, 5.41) is 14.8. The molecule has 2 aliphatic carbocycles. The number of hydrogen-bond acceptors (Lipinski definition) is 5. The Morgan fingerprint density at radius 3 is 2.15 bits per heavy atom. The van der Waals surface area contributed by atoms with Gasteiger partial charge in [0, 0.05) is 31.5 Å². The molecule has 1 unspecified atom stereocenters. The number of benzene rings is 3. The number of rotatable bonds is 11. The predicted molar refractivity (Wildman–Crippen MR) is 152 cm³/mol. The standard InChI is InChI=1S/C32H35N3O5/c1-35(18-21-9-3-2-4-10-21)19-29(31(38)33-23-15-22(16-23)17-30(36)37)34-32(39)40-20-28-26-13-7-5-11-24(26)25-12-6-8-14-27(25)28/h2-14,22-23,28-29H,15-20H2,1H3,(H,33,38)(H,34,39)(H,36,37). The van der Waals surface area contributed by atoms with Crippen molar-refractivity contribution in [3.8, 4) is 11.1 Å². The summed E-state index contributed by atoms with van der Waals surface area (Å²) in [6.45, 7) is 1.06. The second-order valence-corrected chi connectivity index (χ2v) is 10.8. The summed E-state index contributed by atoms with van der Waals surface area (Å²) in [5.41, 5.74) is 5.63. The second kappa shape index (κ2) is 12.3. The van der Waals surface area contributed by atoms with Gasteiger partial charge in [0.2, 0.25) is 5.91 Å². The number of aliphatic carboxylic acids is 1. The number of carboxylic acids is 1. The molecule has 208 valence electrons. The maximum Gasteiger partial charge on any atom is 0.407 e. The zero-order valence-electron chi connectivity index (χ0n) is 22.6. The minimum atomic E-state index is -0.831. The maximum atomic E-state index is 13.3. The van der Waals surface area contributed by atoms with Crippen LogP contribution in [0, 0.1) is 5.92 Å². The summed E-state index contributed by atoms with van der Waals surface area (Å²) in [6, 6.07) is 25.3. The molecule has 1 saturated carbocycles. The Morgan fingerprint density at radius 1 is 0.925 bits per heavy atom. The van der Waals surface area contributed by atoms with Gasteiger partial charge in [-0.1, -0.05) is 78.9 Å². The topological polar surface area (TPSA) is 108 Å². The molecule has 8 heteroatoms. The summed E-state index contributed by atoms with van der Waals surface area (Å²) in [7, 11) is 1.90. The van der Waals surface area contributed by atoms with Crippen molar-refractivity contribution in [2.45, 2.75) is 43.8 Å². The van der Waals surface area contributed by atoms with Crippen molar-refractivity contribution in [2.75, 3.05) is 20.2 Å². The fourth-order valence-corrected chi connectivity index (χ4v) is 5.82. The highest BCUT2D eigenvalue weighted by molar-refractivity contribution is 5.86. The monoisotopic (exact) mass is 541 g/mol. The molecular formula is C32H35N3O5. The third-order valence-electron chi connectivity index (χ3n) is 7.79. The fourth-order valence-electron chi connectivity index (χ4n) is 5.82. The number of nitrogens with zero attached hydrogens (tertiary/aromatic N) is 1. The van der Waals surface area contributed by atoms with E-state index >= 15 is 0 Å². The van der Waals surface area contributed by atoms with Crippen LogP contribution in [0.3, 0.4) is 0 Å². The van der Waals surface area contributed by atoms with Gasteiger partial charge in [-0.3, -0.25) is 14.5 Å². The third kappa shape index (κ3) is 6.51. The Labute approximate surface area is 234 Å². The molecule has 0 spiro atoms. The Morgan fingerprint density at radius 2 is 1.52 bits per heavy atom. The number of hydrogen-bond donors (Lipinski definition) is 3. The van der Waals surface area contributed by atoms with Crippen molar-refractivity contribution >= 4 is 18.0 Å². The van der Waals surface area contributed by atoms with Gasteiger partial charge in [0.05, 0.1) is 0 Å². The SMILES string of the molecule is CN(Cc1ccccc1)CC(NC(=O)OCC1c2ccccc2-c2ccccc21)C(=O)NC1CC(CC(=O)O)C1. The van der Waals surface area contributed by atoms with E-state index in [9.17, 15) is 14.4 Å². The van der Waals surface area contributed by atoms with Crippen LogP contribution in [-0.4, -0.2) is 60.3 Å². The first kappa shape index (κ1) is 27.4. The van der Waals surface area contributed by atoms with E-state index in [1.54, 1.807) is 0 Å². The van der Waals surface area contributed by atoms with Gasteiger partial charge in [-0.2, -0.15) is 0 Å². The molecule has 3 aromatic rings. The van der Waals surface area contributed by atoms with Crippen LogP contribution in [0.2, 0.25) is 0 Å². The lowest BCUT2D eigenvalue weighted by Crippen LogP contribution is -2.56. The van der Waals surface area contributed by atoms with Gasteiger partial charge < -0.3 is 20.5 Å². The summed E-state index contributed by atoms with van der Waals surface area (Å²) in [4.78, 5) is 39.2. The number of likely N-dealkylation sites (N-methyl/N-ethyl adjacent to an activating group) is 1. The quantitative estimate of drug-likeness (QED) is 0.332. The van der Waals surface area contributed by atoms with Crippen LogP contribution in [0.5, 0.6) is 0 Å². The number of carbonyl (C=O) groups is 3. The zero-order chi connectivity index (χ0) is 28.1. The molecule has 1 fully saturated rings. The molecule has 3 N–H and O–H groups in total. The van der Waals surface area contributed by atoms with Crippen molar-refractivity contribution in [1.82, 2.24) is 15.5 Å². The van der Waals surface area contributed by atoms with Crippen LogP contribution < -0.4 is 10.6 Å². The minimum absolute atomic E-state index is 0.0668. The molecule has 8 nitrogen and oxygen atoms in total. The second-order valence-electron chi connectivity index (χ2n) is 10.8. The first-order valence-electron chi connectivity index (χ1n) is 13.7. The van der Waals surface area contributed by atoms with Crippen molar-refractivity contribution in [3.05, 3.63) is 95.6 Å². The highest BCUT2D eigenvalue weighted by Gasteiger charge is 2.34. The van der Waals surface area contributed by atoms with E-state index in [1.807, 2.05) is 66.5 Å². The molecule has 0 heterocycles. The molecule has 0 radical (unpaired) electrons. The summed E-state index contributed by atoms with van der Waals surface area (Å²) < 4.78 is 5.71. The molecule has 40 heavy (non-hydrogen) atoms. The Hall–Kier alpha value is -4.17. The summed E-state index contributed by atoms with van der Waals surface area (Å²) in [5.74, 6) is -1.14. The molecule has 3 aromatic carbocycles. The highest BCUT2D eigenvalue weighted by Crippen LogP contribution is 2.44. The van der Waals surface area contributed by atoms with E-state index < -0.39 is 18.1 Å². The Bertz CT molecular complexity index is 1310. The normalized spacial score (nSPS) is 18.2. The van der Waals surface area contributed by atoms with Crippen LogP contribution in [0.1, 0.15) is 41.9 Å². The van der Waals surface area contributed by atoms with Crippen molar-refractivity contribution in [3.63, 3.8) is 0 Å². The third-order valence-corrected chi connectivity index (χ3v) is 7.79. The van der Waals surface area contributed by atoms with E-state index in [1.165, 1.54) is 0 Å². The minimum Gasteiger partial charge on any atom is -0.481 e. The predicted octanol–water partition coefficient (Wildman–Crippen LogP) is 4.40. The lowest BCUT2D eigenvalue weighted by atomic mass is 9.78. The molecule has 2 aliphatic rings. The maximum absolute atomic E-state index is 13.3. The van der Waals surface area contributed by atoms with Gasteiger partial charge in [-0.25, -0.2) is 4.79 Å². The largest absolute Gasteiger partial charge is 0.481 e. The Balaban J connectivity index is 1.22. The molecular weight excluding hydrogens is 506 g/mol. The average Bonchev–Trinajstić information content (AvgIpc) is 3.24. The van der Waals surface area contributed by atoms with Gasteiger partial charge in [0.25, 0.3) is 0 Å². The highest BCUT2D eigenvalue weighted by atomic mass is 16.5. The molecule has 0 aromatic heterocycles. The fraction of sp³-hybridized carbons (Fsp3) is 0.344. The van der Waals surface area contributed by atoms with E-state index in [4.69, 9.17) is 9.84 Å². The van der Waals surface area contributed by atoms with E-state index in [0.29, 0.717) is 19.4 Å². The molecule has 2 amide bonds. The lowest BCUT2D eigenvalue weighted by Gasteiger charge is -2.36. The van der Waals surface area contributed by atoms with Crippen molar-refractivity contribution in [2.24, 2.45) is 5.92 Å². The Kier molecular flexibility index (Phi) is 8.45. The molecule has 0 bridgehead atoms.